The van der Waals surface area contributed by atoms with Crippen LogP contribution in [0.1, 0.15) is 56.8 Å². The molecule has 0 heterocycles. The quantitative estimate of drug-likeness (QED) is 0.438. The summed E-state index contributed by atoms with van der Waals surface area (Å²) in [6.45, 7) is 5.91. The minimum absolute atomic E-state index is 0.00906. The van der Waals surface area contributed by atoms with Crippen molar-refractivity contribution in [1.29, 1.82) is 0 Å². The van der Waals surface area contributed by atoms with Gasteiger partial charge in [0.05, 0.1) is 0 Å². The summed E-state index contributed by atoms with van der Waals surface area (Å²) in [5.41, 5.74) is 7.89. The van der Waals surface area contributed by atoms with E-state index in [2.05, 4.69) is 19.2 Å². The van der Waals surface area contributed by atoms with Gasteiger partial charge in [0.2, 0.25) is 0 Å². The van der Waals surface area contributed by atoms with Gasteiger partial charge in [-0.1, -0.05) is 26.2 Å². The van der Waals surface area contributed by atoms with Gasteiger partial charge < -0.3 is 11.1 Å². The Hall–Kier alpha value is -1.51. The van der Waals surface area contributed by atoms with E-state index in [4.69, 9.17) is 5.73 Å². The number of nitrogen functional groups attached to an aromatic ring is 1. The molecule has 18 heavy (non-hydrogen) atoms. The number of carbonyl (C=O) groups excluding carboxylic acids is 1. The van der Waals surface area contributed by atoms with Gasteiger partial charge in [0.25, 0.3) is 0 Å². The van der Waals surface area contributed by atoms with Crippen molar-refractivity contribution in [3.63, 3.8) is 0 Å². The van der Waals surface area contributed by atoms with Crippen LogP contribution in [0.2, 0.25) is 0 Å². The van der Waals surface area contributed by atoms with Gasteiger partial charge in [0.1, 0.15) is 0 Å². The summed E-state index contributed by atoms with van der Waals surface area (Å²) >= 11 is 0. The highest BCUT2D eigenvalue weighted by Crippen LogP contribution is 2.20. The fraction of sp³-hybridized carbons (Fsp3) is 0.533. The van der Waals surface area contributed by atoms with E-state index in [9.17, 15) is 4.79 Å². The summed E-state index contributed by atoms with van der Waals surface area (Å²) in [5.74, 6) is 0.00906. The van der Waals surface area contributed by atoms with Crippen molar-refractivity contribution in [3.05, 3.63) is 23.8 Å². The summed E-state index contributed by atoms with van der Waals surface area (Å²) in [6.07, 6.45) is 4.89. The highest BCUT2D eigenvalue weighted by atomic mass is 16.1. The van der Waals surface area contributed by atoms with Crippen LogP contribution < -0.4 is 11.1 Å². The van der Waals surface area contributed by atoms with E-state index in [0.717, 1.165) is 12.1 Å². The van der Waals surface area contributed by atoms with Crippen LogP contribution in [0.5, 0.6) is 0 Å². The molecule has 0 bridgehead atoms. The van der Waals surface area contributed by atoms with Crippen LogP contribution in [0.15, 0.2) is 18.2 Å². The molecule has 0 saturated carbocycles. The van der Waals surface area contributed by atoms with Crippen LogP contribution >= 0.6 is 0 Å². The standard InChI is InChI=1S/C15H24N2O/c1-4-5-6-7-11(2)17-13-8-9-15(16)14(10-13)12(3)18/h8-11,17H,4-7,16H2,1-3H3. The molecule has 100 valence electrons. The molecule has 1 atom stereocenters. The smallest absolute Gasteiger partial charge is 0.161 e. The normalized spacial score (nSPS) is 12.2. The predicted octanol–water partition coefficient (Wildman–Crippen LogP) is 3.85. The van der Waals surface area contributed by atoms with Gasteiger partial charge in [0.15, 0.2) is 5.78 Å². The first-order valence-electron chi connectivity index (χ1n) is 6.71. The summed E-state index contributed by atoms with van der Waals surface area (Å²) < 4.78 is 0. The lowest BCUT2D eigenvalue weighted by Crippen LogP contribution is -2.15. The molecule has 3 nitrogen and oxygen atoms in total. The maximum atomic E-state index is 11.4. The van der Waals surface area contributed by atoms with Gasteiger partial charge in [-0.25, -0.2) is 0 Å². The number of carbonyl (C=O) groups is 1. The summed E-state index contributed by atoms with van der Waals surface area (Å²) in [7, 11) is 0. The van der Waals surface area contributed by atoms with Gasteiger partial charge in [-0.15, -0.1) is 0 Å². The molecule has 1 aromatic rings. The van der Waals surface area contributed by atoms with Crippen molar-refractivity contribution in [2.45, 2.75) is 52.5 Å². The Morgan fingerprint density at radius 3 is 2.72 bits per heavy atom. The van der Waals surface area contributed by atoms with Crippen molar-refractivity contribution in [1.82, 2.24) is 0 Å². The molecule has 0 saturated heterocycles. The number of nitrogens with one attached hydrogen (secondary N) is 1. The van der Waals surface area contributed by atoms with Crippen LogP contribution in [-0.4, -0.2) is 11.8 Å². The van der Waals surface area contributed by atoms with Gasteiger partial charge in [0, 0.05) is 23.0 Å². The van der Waals surface area contributed by atoms with E-state index in [1.54, 1.807) is 13.0 Å². The number of ketones is 1. The van der Waals surface area contributed by atoms with Crippen molar-refractivity contribution < 1.29 is 4.79 Å². The molecule has 0 aliphatic carbocycles. The molecule has 0 spiro atoms. The molecule has 3 heteroatoms. The molecule has 1 aromatic carbocycles. The third-order valence-corrected chi connectivity index (χ3v) is 3.09. The van der Waals surface area contributed by atoms with Crippen LogP contribution in [0, 0.1) is 0 Å². The van der Waals surface area contributed by atoms with Crippen molar-refractivity contribution in [3.8, 4) is 0 Å². The van der Waals surface area contributed by atoms with E-state index in [1.165, 1.54) is 19.3 Å². The molecule has 0 fully saturated rings. The highest BCUT2D eigenvalue weighted by molar-refractivity contribution is 6.00. The number of hydrogen-bond acceptors (Lipinski definition) is 3. The minimum Gasteiger partial charge on any atom is -0.398 e. The maximum Gasteiger partial charge on any atom is 0.161 e. The number of benzene rings is 1. The fourth-order valence-corrected chi connectivity index (χ4v) is 2.01. The summed E-state index contributed by atoms with van der Waals surface area (Å²) in [5, 5.41) is 3.42. The third kappa shape index (κ3) is 4.40. The highest BCUT2D eigenvalue weighted by Gasteiger charge is 2.07. The fourth-order valence-electron chi connectivity index (χ4n) is 2.01. The number of anilines is 2. The lowest BCUT2D eigenvalue weighted by molar-refractivity contribution is 0.101. The molecule has 1 rings (SSSR count). The molecular formula is C15H24N2O. The minimum atomic E-state index is 0.00906. The number of rotatable bonds is 7. The van der Waals surface area contributed by atoms with Crippen LogP contribution in [0.3, 0.4) is 0 Å². The Labute approximate surface area is 110 Å². The average molecular weight is 248 g/mol. The van der Waals surface area contributed by atoms with Crippen molar-refractivity contribution in [2.75, 3.05) is 11.1 Å². The Morgan fingerprint density at radius 2 is 2.11 bits per heavy atom. The number of nitrogens with two attached hydrogens (primary N) is 1. The first-order chi connectivity index (χ1) is 8.54. The topological polar surface area (TPSA) is 55.1 Å². The van der Waals surface area contributed by atoms with Gasteiger partial charge >= 0.3 is 0 Å². The molecule has 0 amide bonds. The average Bonchev–Trinajstić information content (AvgIpc) is 2.31. The van der Waals surface area contributed by atoms with Crippen molar-refractivity contribution >= 4 is 17.2 Å². The van der Waals surface area contributed by atoms with Gasteiger partial charge in [-0.2, -0.15) is 0 Å². The zero-order chi connectivity index (χ0) is 13.5. The zero-order valence-corrected chi connectivity index (χ0v) is 11.6. The molecular weight excluding hydrogens is 224 g/mol. The molecule has 0 aromatic heterocycles. The Morgan fingerprint density at radius 1 is 1.39 bits per heavy atom. The molecule has 1 unspecified atom stereocenters. The van der Waals surface area contributed by atoms with E-state index in [-0.39, 0.29) is 5.78 Å². The van der Waals surface area contributed by atoms with E-state index < -0.39 is 0 Å². The zero-order valence-electron chi connectivity index (χ0n) is 11.6. The van der Waals surface area contributed by atoms with Crippen LogP contribution in [0.25, 0.3) is 0 Å². The molecule has 0 aliphatic heterocycles. The lowest BCUT2D eigenvalue weighted by atomic mass is 10.1. The van der Waals surface area contributed by atoms with Crippen molar-refractivity contribution in [2.24, 2.45) is 0 Å². The monoisotopic (exact) mass is 248 g/mol. The van der Waals surface area contributed by atoms with Gasteiger partial charge in [-0.3, -0.25) is 4.79 Å². The second-order valence-electron chi connectivity index (χ2n) is 4.90. The lowest BCUT2D eigenvalue weighted by Gasteiger charge is -2.16. The Kier molecular flexibility index (Phi) is 5.69. The summed E-state index contributed by atoms with van der Waals surface area (Å²) in [4.78, 5) is 11.4. The SMILES string of the molecule is CCCCCC(C)Nc1ccc(N)c(C(C)=O)c1. The molecule has 0 aliphatic rings. The summed E-state index contributed by atoms with van der Waals surface area (Å²) in [6, 6.07) is 5.98. The number of Topliss-reactive ketones (excluding diaryl/α,β-unsaturated/α-hetero) is 1. The second-order valence-corrected chi connectivity index (χ2v) is 4.90. The number of unbranched alkanes of at least 4 members (excludes halogenated alkanes) is 2. The van der Waals surface area contributed by atoms with Gasteiger partial charge in [-0.05, 0) is 38.5 Å². The maximum absolute atomic E-state index is 11.4. The Bertz CT molecular complexity index is 401. The second kappa shape index (κ2) is 7.04. The number of hydrogen-bond donors (Lipinski definition) is 2. The Balaban J connectivity index is 2.62. The first-order valence-corrected chi connectivity index (χ1v) is 6.71. The van der Waals surface area contributed by atoms with E-state index in [1.807, 2.05) is 12.1 Å². The third-order valence-electron chi connectivity index (χ3n) is 3.09. The van der Waals surface area contributed by atoms with E-state index in [0.29, 0.717) is 17.3 Å². The predicted molar refractivity (Wildman–Crippen MR) is 78.1 cm³/mol. The first kappa shape index (κ1) is 14.6. The largest absolute Gasteiger partial charge is 0.398 e. The van der Waals surface area contributed by atoms with Crippen LogP contribution in [-0.2, 0) is 0 Å². The molecule has 3 N–H and O–H groups in total. The van der Waals surface area contributed by atoms with Crippen LogP contribution in [0.4, 0.5) is 11.4 Å². The molecule has 0 radical (unpaired) electrons. The van der Waals surface area contributed by atoms with E-state index >= 15 is 0 Å².